The van der Waals surface area contributed by atoms with Crippen molar-refractivity contribution in [2.75, 3.05) is 0 Å². The fourth-order valence-electron chi connectivity index (χ4n) is 0.961. The largest absolute Gasteiger partial charge is 0.333 e. The van der Waals surface area contributed by atoms with Crippen molar-refractivity contribution in [1.82, 2.24) is 9.55 Å². The Morgan fingerprint density at radius 2 is 2.23 bits per heavy atom. The van der Waals surface area contributed by atoms with Gasteiger partial charge in [0.2, 0.25) is 9.05 Å². The predicted octanol–water partition coefficient (Wildman–Crippen LogP) is 1.62. The number of nitrogens with zero attached hydrogens (tertiary/aromatic N) is 2. The third-order valence-electron chi connectivity index (χ3n) is 1.55. The normalized spacial score (nSPS) is 11.9. The Labute approximate surface area is 85.9 Å². The summed E-state index contributed by atoms with van der Waals surface area (Å²) in [6.45, 7) is 2.48. The van der Waals surface area contributed by atoms with Crippen molar-refractivity contribution in [3.63, 3.8) is 0 Å². The average molecular weight is 243 g/mol. The molecular weight excluding hydrogens is 235 g/mol. The summed E-state index contributed by atoms with van der Waals surface area (Å²) >= 11 is 5.67. The zero-order valence-corrected chi connectivity index (χ0v) is 9.20. The smallest absolute Gasteiger partial charge is 0.238 e. The molecule has 0 bridgehead atoms. The molecule has 0 radical (unpaired) electrons. The molecule has 13 heavy (non-hydrogen) atoms. The van der Waals surface area contributed by atoms with Crippen LogP contribution in [0.25, 0.3) is 0 Å². The van der Waals surface area contributed by atoms with E-state index in [4.69, 9.17) is 22.3 Å². The lowest BCUT2D eigenvalue weighted by molar-refractivity contribution is 0.605. The Morgan fingerprint density at radius 3 is 2.69 bits per heavy atom. The van der Waals surface area contributed by atoms with E-state index in [0.29, 0.717) is 12.2 Å². The number of hydrogen-bond acceptors (Lipinski definition) is 3. The first-order chi connectivity index (χ1) is 5.94. The number of imidazole rings is 1. The first-order valence-corrected chi connectivity index (χ1v) is 6.41. The Morgan fingerprint density at radius 1 is 1.62 bits per heavy atom. The van der Waals surface area contributed by atoms with Gasteiger partial charge in [-0.1, -0.05) is 11.6 Å². The van der Waals surface area contributed by atoms with Gasteiger partial charge in [0.05, 0.1) is 12.0 Å². The molecule has 0 N–H and O–H groups in total. The number of hydrogen-bond donors (Lipinski definition) is 0. The van der Waals surface area contributed by atoms with Gasteiger partial charge in [0.1, 0.15) is 5.75 Å². The van der Waals surface area contributed by atoms with E-state index in [2.05, 4.69) is 4.98 Å². The third-order valence-corrected chi connectivity index (χ3v) is 2.81. The van der Waals surface area contributed by atoms with E-state index in [0.717, 1.165) is 0 Å². The molecule has 0 unspecified atom stereocenters. The van der Waals surface area contributed by atoms with Crippen molar-refractivity contribution in [1.29, 1.82) is 0 Å². The molecule has 0 amide bonds. The molecule has 74 valence electrons. The van der Waals surface area contributed by atoms with E-state index >= 15 is 0 Å². The van der Waals surface area contributed by atoms with Gasteiger partial charge in [-0.05, 0) is 6.92 Å². The maximum atomic E-state index is 10.8. The first kappa shape index (κ1) is 10.8. The van der Waals surface area contributed by atoms with Gasteiger partial charge in [0, 0.05) is 17.2 Å². The quantitative estimate of drug-likeness (QED) is 0.758. The Hall–Kier alpha value is -0.260. The van der Waals surface area contributed by atoms with E-state index < -0.39 is 9.05 Å². The maximum Gasteiger partial charge on any atom is 0.238 e. The summed E-state index contributed by atoms with van der Waals surface area (Å²) in [5.41, 5.74) is 0.430. The van der Waals surface area contributed by atoms with Gasteiger partial charge in [-0.25, -0.2) is 13.4 Å². The van der Waals surface area contributed by atoms with Crippen LogP contribution in [0.5, 0.6) is 0 Å². The molecule has 0 fully saturated rings. The molecule has 1 rings (SSSR count). The van der Waals surface area contributed by atoms with Gasteiger partial charge >= 0.3 is 0 Å². The highest BCUT2D eigenvalue weighted by Gasteiger charge is 2.15. The Bertz CT molecular complexity index is 399. The van der Waals surface area contributed by atoms with Gasteiger partial charge in [0.15, 0.2) is 5.15 Å². The number of aromatic nitrogens is 2. The minimum atomic E-state index is -3.58. The third kappa shape index (κ3) is 2.86. The molecule has 1 aromatic rings. The van der Waals surface area contributed by atoms with E-state index in [1.165, 1.54) is 6.33 Å². The van der Waals surface area contributed by atoms with E-state index in [1.54, 1.807) is 4.57 Å². The number of halogens is 2. The SMILES string of the molecule is CCn1cnc(Cl)c1CS(=O)(=O)Cl. The molecule has 0 atom stereocenters. The van der Waals surface area contributed by atoms with Gasteiger partial charge in [0.25, 0.3) is 0 Å². The highest BCUT2D eigenvalue weighted by molar-refractivity contribution is 8.13. The van der Waals surface area contributed by atoms with Crippen LogP contribution in [-0.4, -0.2) is 18.0 Å². The molecule has 0 aliphatic carbocycles. The molecule has 0 aliphatic rings. The van der Waals surface area contributed by atoms with Gasteiger partial charge < -0.3 is 4.57 Å². The van der Waals surface area contributed by atoms with Crippen molar-refractivity contribution >= 4 is 31.3 Å². The van der Waals surface area contributed by atoms with Crippen LogP contribution in [0.4, 0.5) is 0 Å². The van der Waals surface area contributed by atoms with Crippen LogP contribution in [0.1, 0.15) is 12.6 Å². The lowest BCUT2D eigenvalue weighted by Crippen LogP contribution is -2.04. The summed E-state index contributed by atoms with van der Waals surface area (Å²) in [7, 11) is 1.52. The number of aryl methyl sites for hydroxylation is 1. The molecule has 0 aliphatic heterocycles. The van der Waals surface area contributed by atoms with Crippen molar-refractivity contribution in [3.05, 3.63) is 17.2 Å². The van der Waals surface area contributed by atoms with E-state index in [-0.39, 0.29) is 10.9 Å². The first-order valence-electron chi connectivity index (χ1n) is 3.56. The minimum Gasteiger partial charge on any atom is -0.333 e. The molecule has 0 aromatic carbocycles. The van der Waals surface area contributed by atoms with E-state index in [9.17, 15) is 8.42 Å². The second kappa shape index (κ2) is 3.86. The van der Waals surface area contributed by atoms with E-state index in [1.807, 2.05) is 6.92 Å². The Balaban J connectivity index is 3.05. The summed E-state index contributed by atoms with van der Waals surface area (Å²) < 4.78 is 23.2. The lowest BCUT2D eigenvalue weighted by atomic mass is 10.5. The molecule has 4 nitrogen and oxygen atoms in total. The van der Waals surface area contributed by atoms with Gasteiger partial charge in [-0.3, -0.25) is 0 Å². The van der Waals surface area contributed by atoms with Crippen LogP contribution in [0.3, 0.4) is 0 Å². The van der Waals surface area contributed by atoms with Crippen molar-refractivity contribution in [2.24, 2.45) is 0 Å². The molecule has 0 spiro atoms. The van der Waals surface area contributed by atoms with Crippen molar-refractivity contribution in [3.8, 4) is 0 Å². The molecule has 7 heteroatoms. The average Bonchev–Trinajstić information content (AvgIpc) is 2.30. The van der Waals surface area contributed by atoms with Crippen LogP contribution < -0.4 is 0 Å². The monoisotopic (exact) mass is 242 g/mol. The fourth-order valence-corrected chi connectivity index (χ4v) is 2.20. The van der Waals surface area contributed by atoms with Gasteiger partial charge in [-0.2, -0.15) is 0 Å². The predicted molar refractivity (Wildman–Crippen MR) is 51.4 cm³/mol. The lowest BCUT2D eigenvalue weighted by Gasteiger charge is -2.02. The topological polar surface area (TPSA) is 52.0 Å². The van der Waals surface area contributed by atoms with Crippen LogP contribution >= 0.6 is 22.3 Å². The standard InChI is InChI=1S/C6H8Cl2N2O2S/c1-2-10-4-9-6(7)5(10)3-13(8,11)12/h4H,2-3H2,1H3. The second-order valence-electron chi connectivity index (χ2n) is 2.45. The molecular formula is C6H8Cl2N2O2S. The maximum absolute atomic E-state index is 10.8. The summed E-state index contributed by atoms with van der Waals surface area (Å²) in [6, 6.07) is 0. The van der Waals surface area contributed by atoms with Crippen molar-refractivity contribution in [2.45, 2.75) is 19.2 Å². The molecule has 1 aromatic heterocycles. The molecule has 0 saturated heterocycles. The van der Waals surface area contributed by atoms with Gasteiger partial charge in [-0.15, -0.1) is 0 Å². The van der Waals surface area contributed by atoms with Crippen LogP contribution in [-0.2, 0) is 21.3 Å². The van der Waals surface area contributed by atoms with Crippen LogP contribution in [0, 0.1) is 0 Å². The Kier molecular flexibility index (Phi) is 3.21. The summed E-state index contributed by atoms with van der Waals surface area (Å²) in [5, 5.41) is 0.186. The zero-order valence-electron chi connectivity index (χ0n) is 6.87. The summed E-state index contributed by atoms with van der Waals surface area (Å²) in [5.74, 6) is -0.290. The zero-order chi connectivity index (χ0) is 10.1. The van der Waals surface area contributed by atoms with Crippen LogP contribution in [0.2, 0.25) is 5.15 Å². The van der Waals surface area contributed by atoms with Crippen molar-refractivity contribution < 1.29 is 8.42 Å². The van der Waals surface area contributed by atoms with Crippen LogP contribution in [0.15, 0.2) is 6.33 Å². The molecule has 1 heterocycles. The minimum absolute atomic E-state index is 0.186. The summed E-state index contributed by atoms with van der Waals surface area (Å²) in [4.78, 5) is 3.78. The second-order valence-corrected chi connectivity index (χ2v) is 5.59. The fraction of sp³-hybridized carbons (Fsp3) is 0.500. The summed E-state index contributed by atoms with van der Waals surface area (Å²) in [6.07, 6.45) is 1.49. The highest BCUT2D eigenvalue weighted by Crippen LogP contribution is 2.18. The highest BCUT2D eigenvalue weighted by atomic mass is 35.7. The number of rotatable bonds is 3. The molecule has 0 saturated carbocycles.